The van der Waals surface area contributed by atoms with Crippen molar-refractivity contribution in [2.45, 2.75) is 44.8 Å². The maximum absolute atomic E-state index is 12.0. The number of halogens is 3. The lowest BCUT2D eigenvalue weighted by molar-refractivity contribution is -0.174. The van der Waals surface area contributed by atoms with Gasteiger partial charge in [0.2, 0.25) is 0 Å². The van der Waals surface area contributed by atoms with E-state index in [2.05, 4.69) is 23.0 Å². The molecule has 1 heterocycles. The minimum atomic E-state index is -4.23. The van der Waals surface area contributed by atoms with E-state index in [1.165, 1.54) is 4.88 Å². The van der Waals surface area contributed by atoms with Gasteiger partial charge in [-0.2, -0.15) is 13.2 Å². The molecule has 0 aliphatic carbocycles. The van der Waals surface area contributed by atoms with E-state index in [-0.39, 0.29) is 12.6 Å². The van der Waals surface area contributed by atoms with Crippen LogP contribution in [0.2, 0.25) is 0 Å². The fourth-order valence-corrected chi connectivity index (χ4v) is 2.61. The average Bonchev–Trinajstić information content (AvgIpc) is 2.88. The predicted molar refractivity (Wildman–Crippen MR) is 76.2 cm³/mol. The smallest absolute Gasteiger partial charge is 0.372 e. The molecule has 6 heteroatoms. The highest BCUT2D eigenvalue weighted by Crippen LogP contribution is 2.16. The summed E-state index contributed by atoms with van der Waals surface area (Å²) in [6.45, 7) is 1.95. The van der Waals surface area contributed by atoms with Gasteiger partial charge in [-0.15, -0.1) is 11.3 Å². The van der Waals surface area contributed by atoms with E-state index in [4.69, 9.17) is 0 Å². The average molecular weight is 309 g/mol. The number of alkyl halides is 3. The zero-order chi connectivity index (χ0) is 14.8. The maximum atomic E-state index is 12.0. The summed E-state index contributed by atoms with van der Waals surface area (Å²) in [7, 11) is 0. The molecule has 1 aromatic rings. The van der Waals surface area contributed by atoms with Crippen molar-refractivity contribution in [3.8, 4) is 0 Å². The van der Waals surface area contributed by atoms with Gasteiger partial charge < -0.3 is 10.1 Å². The van der Waals surface area contributed by atoms with Crippen LogP contribution in [0, 0.1) is 0 Å². The van der Waals surface area contributed by atoms with Crippen LogP contribution in [0.3, 0.4) is 0 Å². The number of aryl methyl sites for hydroxylation is 1. The van der Waals surface area contributed by atoms with Crippen LogP contribution in [0.15, 0.2) is 17.5 Å². The second-order valence-corrected chi connectivity index (χ2v) is 5.76. The second kappa shape index (κ2) is 9.37. The van der Waals surface area contributed by atoms with Gasteiger partial charge in [0, 0.05) is 17.5 Å². The van der Waals surface area contributed by atoms with Crippen molar-refractivity contribution < 1.29 is 17.9 Å². The van der Waals surface area contributed by atoms with Crippen molar-refractivity contribution in [1.29, 1.82) is 0 Å². The third-order valence-electron chi connectivity index (χ3n) is 2.88. The highest BCUT2D eigenvalue weighted by Gasteiger charge is 2.27. The van der Waals surface area contributed by atoms with Gasteiger partial charge in [0.1, 0.15) is 6.61 Å². The number of hydrogen-bond donors (Lipinski definition) is 1. The molecule has 1 aromatic heterocycles. The van der Waals surface area contributed by atoms with E-state index in [9.17, 15) is 13.2 Å². The summed E-state index contributed by atoms with van der Waals surface area (Å²) in [5.74, 6) is 0. The Morgan fingerprint density at radius 3 is 2.75 bits per heavy atom. The highest BCUT2D eigenvalue weighted by molar-refractivity contribution is 7.09. The molecule has 0 aliphatic heterocycles. The molecule has 116 valence electrons. The van der Waals surface area contributed by atoms with Crippen molar-refractivity contribution in [2.24, 2.45) is 0 Å². The minimum absolute atomic E-state index is 0.144. The normalized spacial score (nSPS) is 13.6. The van der Waals surface area contributed by atoms with Crippen LogP contribution >= 0.6 is 11.3 Å². The summed E-state index contributed by atoms with van der Waals surface area (Å²) in [5.41, 5.74) is 0. The molecule has 0 bridgehead atoms. The predicted octanol–water partition coefficient (Wildman–Crippen LogP) is 4.02. The lowest BCUT2D eigenvalue weighted by Gasteiger charge is -2.18. The number of rotatable bonds is 10. The minimum Gasteiger partial charge on any atom is -0.372 e. The third kappa shape index (κ3) is 8.55. The Labute approximate surface area is 122 Å². The van der Waals surface area contributed by atoms with E-state index in [1.54, 1.807) is 11.3 Å². The summed E-state index contributed by atoms with van der Waals surface area (Å²) >= 11 is 1.71. The molecular weight excluding hydrogens is 287 g/mol. The van der Waals surface area contributed by atoms with Gasteiger partial charge >= 0.3 is 6.18 Å². The van der Waals surface area contributed by atoms with Crippen molar-refractivity contribution in [3.05, 3.63) is 22.4 Å². The van der Waals surface area contributed by atoms with Crippen molar-refractivity contribution in [2.75, 3.05) is 19.8 Å². The molecule has 0 saturated heterocycles. The van der Waals surface area contributed by atoms with Gasteiger partial charge in [0.25, 0.3) is 0 Å². The first-order valence-electron chi connectivity index (χ1n) is 6.91. The zero-order valence-electron chi connectivity index (χ0n) is 11.7. The van der Waals surface area contributed by atoms with Crippen molar-refractivity contribution >= 4 is 11.3 Å². The van der Waals surface area contributed by atoms with Crippen LogP contribution in [-0.4, -0.2) is 32.0 Å². The zero-order valence-corrected chi connectivity index (χ0v) is 12.5. The lowest BCUT2D eigenvalue weighted by Crippen LogP contribution is -2.32. The number of nitrogens with one attached hydrogen (secondary N) is 1. The summed E-state index contributed by atoms with van der Waals surface area (Å²) in [4.78, 5) is 1.31. The van der Waals surface area contributed by atoms with Gasteiger partial charge in [0.05, 0.1) is 0 Å². The van der Waals surface area contributed by atoms with Crippen LogP contribution in [-0.2, 0) is 11.2 Å². The molecule has 0 amide bonds. The number of hydrogen-bond acceptors (Lipinski definition) is 3. The van der Waals surface area contributed by atoms with Gasteiger partial charge in [-0.3, -0.25) is 0 Å². The Balaban J connectivity index is 2.24. The molecule has 1 N–H and O–H groups in total. The molecule has 0 radical (unpaired) electrons. The van der Waals surface area contributed by atoms with Crippen LogP contribution in [0.1, 0.15) is 31.1 Å². The molecule has 20 heavy (non-hydrogen) atoms. The Bertz CT molecular complexity index is 341. The van der Waals surface area contributed by atoms with E-state index in [0.29, 0.717) is 6.42 Å². The molecule has 1 rings (SSSR count). The summed E-state index contributed by atoms with van der Waals surface area (Å²) in [5, 5.41) is 5.41. The van der Waals surface area contributed by atoms with Gasteiger partial charge in [-0.05, 0) is 43.7 Å². The maximum Gasteiger partial charge on any atom is 0.411 e. The molecule has 0 aromatic carbocycles. The Hall–Kier alpha value is -0.590. The molecule has 1 unspecified atom stereocenters. The van der Waals surface area contributed by atoms with Gasteiger partial charge in [0.15, 0.2) is 0 Å². The molecular formula is C14H22F3NOS. The summed E-state index contributed by atoms with van der Waals surface area (Å²) in [6.07, 6.45) is -0.724. The standard InChI is InChI=1S/C14H22F3NOS/c1-2-8-18-12(5-6-13-4-3-10-20-13)7-9-19-11-14(15,16)17/h3-4,10,12,18H,2,5-9,11H2,1H3. The quantitative estimate of drug-likeness (QED) is 0.659. The fourth-order valence-electron chi connectivity index (χ4n) is 1.88. The second-order valence-electron chi connectivity index (χ2n) is 4.73. The van der Waals surface area contributed by atoms with Crippen LogP contribution in [0.5, 0.6) is 0 Å². The Morgan fingerprint density at radius 1 is 1.35 bits per heavy atom. The van der Waals surface area contributed by atoms with Gasteiger partial charge in [-0.25, -0.2) is 0 Å². The van der Waals surface area contributed by atoms with Crippen LogP contribution < -0.4 is 5.32 Å². The largest absolute Gasteiger partial charge is 0.411 e. The number of thiophene rings is 1. The molecule has 2 nitrogen and oxygen atoms in total. The first-order valence-corrected chi connectivity index (χ1v) is 7.79. The fraction of sp³-hybridized carbons (Fsp3) is 0.714. The van der Waals surface area contributed by atoms with Crippen molar-refractivity contribution in [1.82, 2.24) is 5.32 Å². The molecule has 0 aliphatic rings. The Morgan fingerprint density at radius 2 is 2.15 bits per heavy atom. The molecule has 1 atom stereocenters. The molecule has 0 spiro atoms. The topological polar surface area (TPSA) is 21.3 Å². The third-order valence-corrected chi connectivity index (χ3v) is 3.81. The van der Waals surface area contributed by atoms with E-state index < -0.39 is 12.8 Å². The van der Waals surface area contributed by atoms with Crippen LogP contribution in [0.25, 0.3) is 0 Å². The van der Waals surface area contributed by atoms with E-state index >= 15 is 0 Å². The molecule has 0 saturated carbocycles. The van der Waals surface area contributed by atoms with E-state index in [1.807, 2.05) is 11.4 Å². The number of ether oxygens (including phenoxy) is 1. The summed E-state index contributed by atoms with van der Waals surface area (Å²) in [6, 6.07) is 4.31. The van der Waals surface area contributed by atoms with Crippen LogP contribution in [0.4, 0.5) is 13.2 Å². The van der Waals surface area contributed by atoms with Gasteiger partial charge in [-0.1, -0.05) is 13.0 Å². The van der Waals surface area contributed by atoms with E-state index in [0.717, 1.165) is 25.8 Å². The lowest BCUT2D eigenvalue weighted by atomic mass is 10.1. The van der Waals surface area contributed by atoms with Crippen molar-refractivity contribution in [3.63, 3.8) is 0 Å². The molecule has 0 fully saturated rings. The highest BCUT2D eigenvalue weighted by atomic mass is 32.1. The Kier molecular flexibility index (Phi) is 8.18. The SMILES string of the molecule is CCCNC(CCOCC(F)(F)F)CCc1cccs1. The first kappa shape index (κ1) is 17.5. The monoisotopic (exact) mass is 309 g/mol. The summed E-state index contributed by atoms with van der Waals surface area (Å²) < 4.78 is 40.6. The first-order chi connectivity index (χ1) is 9.51.